The van der Waals surface area contributed by atoms with Gasteiger partial charge in [0, 0.05) is 12.6 Å². The Morgan fingerprint density at radius 1 is 1.57 bits per heavy atom. The summed E-state index contributed by atoms with van der Waals surface area (Å²) >= 11 is 4.86. The first-order chi connectivity index (χ1) is 6.74. The first kappa shape index (κ1) is 10.5. The molecule has 14 heavy (non-hydrogen) atoms. The highest BCUT2D eigenvalue weighted by Gasteiger charge is 2.42. The molecule has 1 heterocycles. The van der Waals surface area contributed by atoms with E-state index in [0.717, 1.165) is 22.1 Å². The number of nitrogens with one attached hydrogen (secondary N) is 1. The van der Waals surface area contributed by atoms with Crippen LogP contribution >= 0.6 is 27.3 Å². The van der Waals surface area contributed by atoms with Crippen LogP contribution in [0.5, 0.6) is 0 Å². The van der Waals surface area contributed by atoms with Gasteiger partial charge in [-0.2, -0.15) is 0 Å². The molecule has 4 nitrogen and oxygen atoms in total. The lowest BCUT2D eigenvalue weighted by atomic mass is 10.3. The molecule has 0 aromatic carbocycles. The first-order valence-electron chi connectivity index (χ1n) is 4.46. The normalized spacial score (nSPS) is 18.4. The van der Waals surface area contributed by atoms with Crippen molar-refractivity contribution in [3.05, 3.63) is 8.92 Å². The molecule has 1 fully saturated rings. The summed E-state index contributed by atoms with van der Waals surface area (Å²) in [6.07, 6.45) is 2.39. The van der Waals surface area contributed by atoms with Crippen molar-refractivity contribution in [1.29, 1.82) is 0 Å². The molecule has 2 rings (SSSR count). The molecule has 0 aliphatic heterocycles. The summed E-state index contributed by atoms with van der Waals surface area (Å²) in [6.45, 7) is 1.57. The molecule has 1 aromatic rings. The molecule has 0 amide bonds. The molecule has 1 saturated carbocycles. The Balaban J connectivity index is 1.82. The van der Waals surface area contributed by atoms with Gasteiger partial charge in [0.25, 0.3) is 0 Å². The van der Waals surface area contributed by atoms with E-state index < -0.39 is 0 Å². The second-order valence-corrected chi connectivity index (χ2v) is 5.85. The van der Waals surface area contributed by atoms with E-state index in [4.69, 9.17) is 4.74 Å². The molecule has 78 valence electrons. The zero-order valence-electron chi connectivity index (χ0n) is 7.92. The SMILES string of the molecule is COCC1(NCc2nnc(Br)s2)CC1. The van der Waals surface area contributed by atoms with Gasteiger partial charge in [0.05, 0.1) is 13.2 Å². The van der Waals surface area contributed by atoms with E-state index in [1.807, 2.05) is 0 Å². The van der Waals surface area contributed by atoms with Gasteiger partial charge in [0.2, 0.25) is 0 Å². The maximum Gasteiger partial charge on any atom is 0.183 e. The lowest BCUT2D eigenvalue weighted by molar-refractivity contribution is 0.156. The number of nitrogens with zero attached hydrogens (tertiary/aromatic N) is 2. The quantitative estimate of drug-likeness (QED) is 0.888. The van der Waals surface area contributed by atoms with E-state index in [-0.39, 0.29) is 5.54 Å². The largest absolute Gasteiger partial charge is 0.383 e. The maximum absolute atomic E-state index is 5.16. The van der Waals surface area contributed by atoms with Crippen molar-refractivity contribution in [3.63, 3.8) is 0 Å². The van der Waals surface area contributed by atoms with Gasteiger partial charge < -0.3 is 10.1 Å². The molecule has 1 N–H and O–H groups in total. The number of methoxy groups -OCH3 is 1. The van der Waals surface area contributed by atoms with Crippen molar-refractivity contribution >= 4 is 27.3 Å². The predicted octanol–water partition coefficient (Wildman–Crippen LogP) is 1.57. The molecule has 0 spiro atoms. The average molecular weight is 278 g/mol. The van der Waals surface area contributed by atoms with Crippen molar-refractivity contribution in [3.8, 4) is 0 Å². The summed E-state index contributed by atoms with van der Waals surface area (Å²) in [4.78, 5) is 0. The maximum atomic E-state index is 5.16. The number of aromatic nitrogens is 2. The Bertz CT molecular complexity index is 313. The monoisotopic (exact) mass is 277 g/mol. The van der Waals surface area contributed by atoms with Gasteiger partial charge >= 0.3 is 0 Å². The smallest absolute Gasteiger partial charge is 0.183 e. The van der Waals surface area contributed by atoms with Crippen molar-refractivity contribution in [2.75, 3.05) is 13.7 Å². The Kier molecular flexibility index (Phi) is 3.16. The third-order valence-electron chi connectivity index (χ3n) is 2.33. The molecule has 1 aliphatic carbocycles. The van der Waals surface area contributed by atoms with Gasteiger partial charge in [-0.3, -0.25) is 0 Å². The van der Waals surface area contributed by atoms with Crippen LogP contribution in [0.3, 0.4) is 0 Å². The van der Waals surface area contributed by atoms with Gasteiger partial charge in [-0.25, -0.2) is 0 Å². The second-order valence-electron chi connectivity index (χ2n) is 3.52. The van der Waals surface area contributed by atoms with Crippen LogP contribution in [0.15, 0.2) is 3.92 Å². The van der Waals surface area contributed by atoms with E-state index in [0.29, 0.717) is 0 Å². The topological polar surface area (TPSA) is 47.0 Å². The fourth-order valence-corrected chi connectivity index (χ4v) is 2.51. The van der Waals surface area contributed by atoms with Crippen LogP contribution in [0.2, 0.25) is 0 Å². The van der Waals surface area contributed by atoms with Gasteiger partial charge in [-0.1, -0.05) is 11.3 Å². The Morgan fingerprint density at radius 2 is 2.36 bits per heavy atom. The van der Waals surface area contributed by atoms with Gasteiger partial charge in [-0.05, 0) is 28.8 Å². The van der Waals surface area contributed by atoms with E-state index in [2.05, 4.69) is 31.4 Å². The summed E-state index contributed by atoms with van der Waals surface area (Å²) in [5.41, 5.74) is 0.215. The summed E-state index contributed by atoms with van der Waals surface area (Å²) in [6, 6.07) is 0. The molecule has 6 heteroatoms. The highest BCUT2D eigenvalue weighted by molar-refractivity contribution is 9.11. The van der Waals surface area contributed by atoms with Crippen molar-refractivity contribution in [2.45, 2.75) is 24.9 Å². The molecule has 0 radical (unpaired) electrons. The number of hydrogen-bond acceptors (Lipinski definition) is 5. The van der Waals surface area contributed by atoms with E-state index in [1.165, 1.54) is 12.8 Å². The number of rotatable bonds is 5. The van der Waals surface area contributed by atoms with Crippen molar-refractivity contribution < 1.29 is 4.74 Å². The van der Waals surface area contributed by atoms with Gasteiger partial charge in [-0.15, -0.1) is 10.2 Å². The Hall–Kier alpha value is -0.0400. The summed E-state index contributed by atoms with van der Waals surface area (Å²) < 4.78 is 6.00. The minimum absolute atomic E-state index is 0.215. The first-order valence-corrected chi connectivity index (χ1v) is 6.07. The van der Waals surface area contributed by atoms with Crippen LogP contribution in [0.25, 0.3) is 0 Å². The van der Waals surface area contributed by atoms with Gasteiger partial charge in [0.15, 0.2) is 3.92 Å². The average Bonchev–Trinajstić information content (AvgIpc) is 2.80. The van der Waals surface area contributed by atoms with E-state index in [9.17, 15) is 0 Å². The molecular weight excluding hydrogens is 266 g/mol. The van der Waals surface area contributed by atoms with Crippen molar-refractivity contribution in [2.24, 2.45) is 0 Å². The third-order valence-corrected chi connectivity index (χ3v) is 3.69. The highest BCUT2D eigenvalue weighted by atomic mass is 79.9. The Morgan fingerprint density at radius 3 is 2.86 bits per heavy atom. The lowest BCUT2D eigenvalue weighted by Crippen LogP contribution is -2.34. The molecule has 0 saturated heterocycles. The minimum Gasteiger partial charge on any atom is -0.383 e. The summed E-state index contributed by atoms with van der Waals surface area (Å²) in [5, 5.41) is 12.4. The van der Waals surface area contributed by atoms with Crippen molar-refractivity contribution in [1.82, 2.24) is 15.5 Å². The number of halogens is 1. The number of hydrogen-bond donors (Lipinski definition) is 1. The fraction of sp³-hybridized carbons (Fsp3) is 0.750. The van der Waals surface area contributed by atoms with Crippen LogP contribution in [-0.4, -0.2) is 29.5 Å². The van der Waals surface area contributed by atoms with Crippen LogP contribution in [-0.2, 0) is 11.3 Å². The summed E-state index contributed by atoms with van der Waals surface area (Å²) in [5.74, 6) is 0. The predicted molar refractivity (Wildman–Crippen MR) is 58.3 cm³/mol. The molecule has 0 atom stereocenters. The van der Waals surface area contributed by atoms with Crippen LogP contribution in [0, 0.1) is 0 Å². The third kappa shape index (κ3) is 2.50. The van der Waals surface area contributed by atoms with Gasteiger partial charge in [0.1, 0.15) is 5.01 Å². The lowest BCUT2D eigenvalue weighted by Gasteiger charge is -2.14. The zero-order valence-corrected chi connectivity index (χ0v) is 10.3. The molecule has 0 unspecified atom stereocenters. The second kappa shape index (κ2) is 4.22. The number of ether oxygens (including phenoxy) is 1. The van der Waals surface area contributed by atoms with Crippen LogP contribution < -0.4 is 5.32 Å². The summed E-state index contributed by atoms with van der Waals surface area (Å²) in [7, 11) is 1.74. The Labute approximate surface area is 95.2 Å². The molecule has 1 aliphatic rings. The molecule has 0 bridgehead atoms. The zero-order chi connectivity index (χ0) is 10.0. The van der Waals surface area contributed by atoms with Crippen LogP contribution in [0.4, 0.5) is 0 Å². The van der Waals surface area contributed by atoms with Crippen LogP contribution in [0.1, 0.15) is 17.8 Å². The minimum atomic E-state index is 0.215. The standard InChI is InChI=1S/C8H12BrN3OS/c1-13-5-8(2-3-8)10-4-6-11-12-7(9)14-6/h10H,2-5H2,1H3. The molecular formula is C8H12BrN3OS. The molecule has 1 aromatic heterocycles. The fourth-order valence-electron chi connectivity index (χ4n) is 1.37. The van der Waals surface area contributed by atoms with E-state index >= 15 is 0 Å². The van der Waals surface area contributed by atoms with E-state index in [1.54, 1.807) is 18.4 Å². The highest BCUT2D eigenvalue weighted by Crippen LogP contribution is 2.35.